The average molecular weight is 641 g/mol. The lowest BCUT2D eigenvalue weighted by molar-refractivity contribution is -0.276. The van der Waals surface area contributed by atoms with E-state index < -0.39 is 6.29 Å². The van der Waals surface area contributed by atoms with Crippen molar-refractivity contribution in [2.75, 3.05) is 6.54 Å². The second kappa shape index (κ2) is 16.0. The Morgan fingerprint density at radius 2 is 1.29 bits per heavy atom. The van der Waals surface area contributed by atoms with E-state index in [1.807, 2.05) is 30.3 Å². The summed E-state index contributed by atoms with van der Waals surface area (Å²) >= 11 is 0. The van der Waals surface area contributed by atoms with Gasteiger partial charge in [-0.15, -0.1) is 0 Å². The first-order valence-electron chi connectivity index (χ1n) is 16.7. The largest absolute Gasteiger partial charge is 0.392 e. The van der Waals surface area contributed by atoms with Crippen LogP contribution in [0.3, 0.4) is 0 Å². The second-order valence-corrected chi connectivity index (χ2v) is 12.7. The Hall–Kier alpha value is -4.59. The first-order valence-corrected chi connectivity index (χ1v) is 16.7. The third-order valence-electron chi connectivity index (χ3n) is 9.02. The van der Waals surface area contributed by atoms with E-state index in [0.717, 1.165) is 53.0 Å². The summed E-state index contributed by atoms with van der Waals surface area (Å²) in [6.45, 7) is 6.55. The fourth-order valence-corrected chi connectivity index (χ4v) is 6.40. The molecule has 0 aromatic heterocycles. The van der Waals surface area contributed by atoms with Gasteiger partial charge in [-0.1, -0.05) is 128 Å². The molecule has 1 aliphatic rings. The molecular formula is C42H44N2O4. The molecule has 5 aromatic rings. The van der Waals surface area contributed by atoms with Gasteiger partial charge in [-0.25, -0.2) is 0 Å². The van der Waals surface area contributed by atoms with Crippen LogP contribution >= 0.6 is 0 Å². The van der Waals surface area contributed by atoms with Crippen molar-refractivity contribution in [2.45, 2.75) is 58.6 Å². The molecule has 0 spiro atoms. The first-order chi connectivity index (χ1) is 23.4. The van der Waals surface area contributed by atoms with Crippen LogP contribution in [0.1, 0.15) is 59.6 Å². The molecular weight excluding hydrogens is 596 g/mol. The van der Waals surface area contributed by atoms with Crippen molar-refractivity contribution in [1.82, 2.24) is 10.2 Å². The highest BCUT2D eigenvalue weighted by molar-refractivity contribution is 5.73. The molecule has 48 heavy (non-hydrogen) atoms. The number of carbonyl (C=O) groups excluding carboxylic acids is 1. The fraction of sp³-hybridized carbons (Fsp3) is 0.262. The zero-order valence-electron chi connectivity index (χ0n) is 27.7. The summed E-state index contributed by atoms with van der Waals surface area (Å²) in [6.07, 6.45) is -0.906. The third-order valence-corrected chi connectivity index (χ3v) is 9.02. The summed E-state index contributed by atoms with van der Waals surface area (Å²) in [4.78, 5) is 14.0. The summed E-state index contributed by atoms with van der Waals surface area (Å²) in [5, 5.41) is 12.6. The van der Waals surface area contributed by atoms with Gasteiger partial charge in [0.25, 0.3) is 0 Å². The lowest BCUT2D eigenvalue weighted by atomic mass is 9.89. The predicted molar refractivity (Wildman–Crippen MR) is 189 cm³/mol. The minimum Gasteiger partial charge on any atom is -0.392 e. The Bertz CT molecular complexity index is 1720. The maximum atomic E-state index is 11.5. The number of rotatable bonds is 12. The lowest BCUT2D eigenvalue weighted by Gasteiger charge is -2.43. The smallest absolute Gasteiger partial charge is 0.217 e. The number of aliphatic hydroxyl groups is 1. The number of nitrogens with zero attached hydrogens (tertiary/aromatic N) is 1. The summed E-state index contributed by atoms with van der Waals surface area (Å²) in [5.41, 5.74) is 8.56. The Morgan fingerprint density at radius 3 is 1.92 bits per heavy atom. The maximum absolute atomic E-state index is 11.5. The molecule has 0 saturated carbocycles. The molecule has 4 atom stereocenters. The first kappa shape index (κ1) is 33.3. The monoisotopic (exact) mass is 640 g/mol. The SMILES string of the molecule is CC(=O)NCc1cccc(-c2cccc(C3OC(CN(Cc4ccccc4)Cc4ccccc4)C(C)C(c4ccc(CO)cc4)O3)c2)c1. The molecule has 6 nitrogen and oxygen atoms in total. The predicted octanol–water partition coefficient (Wildman–Crippen LogP) is 7.98. The molecule has 0 aliphatic carbocycles. The van der Waals surface area contributed by atoms with Crippen molar-refractivity contribution in [1.29, 1.82) is 0 Å². The number of benzene rings is 5. The molecule has 1 aliphatic heterocycles. The molecule has 4 unspecified atom stereocenters. The quantitative estimate of drug-likeness (QED) is 0.145. The van der Waals surface area contributed by atoms with Gasteiger partial charge in [0.1, 0.15) is 0 Å². The Kier molecular flexibility index (Phi) is 11.1. The average Bonchev–Trinajstić information content (AvgIpc) is 3.12. The van der Waals surface area contributed by atoms with E-state index in [0.29, 0.717) is 6.54 Å². The number of nitrogens with one attached hydrogen (secondary N) is 1. The van der Waals surface area contributed by atoms with Crippen LogP contribution in [0, 0.1) is 5.92 Å². The van der Waals surface area contributed by atoms with Gasteiger partial charge in [0.05, 0.1) is 18.8 Å². The van der Waals surface area contributed by atoms with Crippen molar-refractivity contribution < 1.29 is 19.4 Å². The van der Waals surface area contributed by atoms with Gasteiger partial charge in [-0.05, 0) is 51.1 Å². The highest BCUT2D eigenvalue weighted by Crippen LogP contribution is 2.42. The lowest BCUT2D eigenvalue weighted by Crippen LogP contribution is -2.44. The van der Waals surface area contributed by atoms with Crippen LogP contribution in [0.2, 0.25) is 0 Å². The Morgan fingerprint density at radius 1 is 0.688 bits per heavy atom. The minimum absolute atomic E-state index is 0.00244. The maximum Gasteiger partial charge on any atom is 0.217 e. The van der Waals surface area contributed by atoms with Crippen LogP contribution in [-0.4, -0.2) is 28.6 Å². The summed E-state index contributed by atoms with van der Waals surface area (Å²) in [5.74, 6) is 0.00773. The Balaban J connectivity index is 1.30. The fourth-order valence-electron chi connectivity index (χ4n) is 6.40. The van der Waals surface area contributed by atoms with Gasteiger partial charge in [0, 0.05) is 44.6 Å². The van der Waals surface area contributed by atoms with E-state index in [-0.39, 0.29) is 30.6 Å². The Labute approximate surface area is 284 Å². The van der Waals surface area contributed by atoms with Gasteiger partial charge >= 0.3 is 0 Å². The van der Waals surface area contributed by atoms with Crippen LogP contribution in [0.5, 0.6) is 0 Å². The van der Waals surface area contributed by atoms with Gasteiger partial charge < -0.3 is 19.9 Å². The molecule has 1 fully saturated rings. The van der Waals surface area contributed by atoms with Gasteiger partial charge in [0.15, 0.2) is 6.29 Å². The van der Waals surface area contributed by atoms with Crippen molar-refractivity contribution in [3.63, 3.8) is 0 Å². The van der Waals surface area contributed by atoms with E-state index in [4.69, 9.17) is 9.47 Å². The van der Waals surface area contributed by atoms with E-state index in [1.54, 1.807) is 0 Å². The van der Waals surface area contributed by atoms with E-state index >= 15 is 0 Å². The van der Waals surface area contributed by atoms with Gasteiger partial charge in [-0.2, -0.15) is 0 Å². The highest BCUT2D eigenvalue weighted by Gasteiger charge is 2.39. The van der Waals surface area contributed by atoms with E-state index in [1.165, 1.54) is 18.1 Å². The zero-order chi connectivity index (χ0) is 33.3. The number of hydrogen-bond acceptors (Lipinski definition) is 5. The van der Waals surface area contributed by atoms with Crippen LogP contribution in [0.25, 0.3) is 11.1 Å². The van der Waals surface area contributed by atoms with Crippen LogP contribution in [0.15, 0.2) is 133 Å². The number of ether oxygens (including phenoxy) is 2. The number of aliphatic hydroxyl groups excluding tert-OH is 1. The molecule has 1 amide bonds. The summed E-state index contributed by atoms with van der Waals surface area (Å²) in [7, 11) is 0. The summed E-state index contributed by atoms with van der Waals surface area (Å²) < 4.78 is 13.7. The number of hydrogen-bond donors (Lipinski definition) is 2. The van der Waals surface area contributed by atoms with E-state index in [9.17, 15) is 9.90 Å². The molecule has 0 radical (unpaired) electrons. The second-order valence-electron chi connectivity index (χ2n) is 12.7. The van der Waals surface area contributed by atoms with Gasteiger partial charge in [-0.3, -0.25) is 9.69 Å². The van der Waals surface area contributed by atoms with E-state index in [2.05, 4.69) is 120 Å². The van der Waals surface area contributed by atoms with Crippen molar-refractivity contribution in [3.8, 4) is 11.1 Å². The van der Waals surface area contributed by atoms with Crippen LogP contribution in [0.4, 0.5) is 0 Å². The molecule has 1 saturated heterocycles. The standard InChI is InChI=1S/C42H44N2O4/c1-30-40(28-44(26-32-11-5-3-6-12-32)27-33-13-7-4-8-14-33)47-42(48-41(30)36-21-19-34(29-45)20-22-36)39-18-10-17-38(24-39)37-16-9-15-35(23-37)25-43-31(2)46/h3-24,30,40-42,45H,25-29H2,1-2H3,(H,43,46). The normalized spacial score (nSPS) is 19.2. The molecule has 6 rings (SSSR count). The zero-order valence-corrected chi connectivity index (χ0v) is 27.7. The number of amides is 1. The molecule has 6 heteroatoms. The number of carbonyl (C=O) groups is 1. The third kappa shape index (κ3) is 8.65. The van der Waals surface area contributed by atoms with Crippen molar-refractivity contribution in [3.05, 3.63) is 167 Å². The van der Waals surface area contributed by atoms with Crippen LogP contribution in [-0.2, 0) is 40.5 Å². The summed E-state index contributed by atoms with van der Waals surface area (Å²) in [6, 6.07) is 45.8. The van der Waals surface area contributed by atoms with Crippen LogP contribution < -0.4 is 5.32 Å². The topological polar surface area (TPSA) is 71.0 Å². The highest BCUT2D eigenvalue weighted by atomic mass is 16.7. The molecule has 246 valence electrons. The minimum atomic E-state index is -0.577. The van der Waals surface area contributed by atoms with Crippen molar-refractivity contribution in [2.24, 2.45) is 5.92 Å². The molecule has 0 bridgehead atoms. The van der Waals surface area contributed by atoms with Crippen molar-refractivity contribution >= 4 is 5.91 Å². The van der Waals surface area contributed by atoms with Gasteiger partial charge in [0.2, 0.25) is 5.91 Å². The molecule has 1 heterocycles. The molecule has 2 N–H and O–H groups in total. The molecule has 5 aromatic carbocycles.